The van der Waals surface area contributed by atoms with Crippen LogP contribution in [0.15, 0.2) is 36.5 Å². The predicted octanol–water partition coefficient (Wildman–Crippen LogP) is 1.75. The largest absolute Gasteiger partial charge is 0.325 e. The van der Waals surface area contributed by atoms with Crippen molar-refractivity contribution >= 4 is 11.6 Å². The molecule has 1 amide bonds. The van der Waals surface area contributed by atoms with Gasteiger partial charge < -0.3 is 11.1 Å². The van der Waals surface area contributed by atoms with Crippen molar-refractivity contribution in [3.8, 4) is 11.3 Å². The van der Waals surface area contributed by atoms with Gasteiger partial charge in [-0.3, -0.25) is 9.89 Å². The van der Waals surface area contributed by atoms with E-state index >= 15 is 0 Å². The first-order valence-electron chi connectivity index (χ1n) is 5.87. The van der Waals surface area contributed by atoms with Gasteiger partial charge in [0.15, 0.2) is 0 Å². The van der Waals surface area contributed by atoms with Crippen molar-refractivity contribution in [3.05, 3.63) is 36.5 Å². The first kappa shape index (κ1) is 12.3. The topological polar surface area (TPSA) is 83.8 Å². The van der Waals surface area contributed by atoms with E-state index in [2.05, 4.69) is 15.5 Å². The van der Waals surface area contributed by atoms with Crippen molar-refractivity contribution in [1.82, 2.24) is 10.2 Å². The van der Waals surface area contributed by atoms with Crippen molar-refractivity contribution in [2.45, 2.75) is 19.4 Å². The Balaban J connectivity index is 2.06. The molecule has 0 radical (unpaired) electrons. The van der Waals surface area contributed by atoms with E-state index in [0.29, 0.717) is 6.42 Å². The highest BCUT2D eigenvalue weighted by Crippen LogP contribution is 2.18. The van der Waals surface area contributed by atoms with Crippen LogP contribution >= 0.6 is 0 Å². The average Bonchev–Trinajstić information content (AvgIpc) is 2.92. The van der Waals surface area contributed by atoms with E-state index in [9.17, 15) is 4.79 Å². The first-order chi connectivity index (χ1) is 8.70. The number of hydrogen-bond acceptors (Lipinski definition) is 3. The Bertz CT molecular complexity index is 504. The Kier molecular flexibility index (Phi) is 3.74. The maximum atomic E-state index is 11.6. The Morgan fingerprint density at radius 1 is 1.39 bits per heavy atom. The summed E-state index contributed by atoms with van der Waals surface area (Å²) in [5.74, 6) is -0.160. The highest BCUT2D eigenvalue weighted by atomic mass is 16.2. The van der Waals surface area contributed by atoms with E-state index in [1.165, 1.54) is 0 Å². The normalized spacial score (nSPS) is 12.1. The van der Waals surface area contributed by atoms with Gasteiger partial charge in [-0.15, -0.1) is 0 Å². The molecule has 1 aromatic carbocycles. The molecule has 2 rings (SSSR count). The van der Waals surface area contributed by atoms with Crippen LogP contribution in [0.2, 0.25) is 0 Å². The quantitative estimate of drug-likeness (QED) is 0.766. The van der Waals surface area contributed by atoms with Crippen LogP contribution in [-0.4, -0.2) is 22.1 Å². The number of nitrogens with two attached hydrogens (primary N) is 1. The number of amides is 1. The van der Waals surface area contributed by atoms with E-state index in [4.69, 9.17) is 5.73 Å². The van der Waals surface area contributed by atoms with Crippen LogP contribution in [-0.2, 0) is 4.79 Å². The molecule has 5 heteroatoms. The molecule has 5 nitrogen and oxygen atoms in total. The fourth-order valence-corrected chi connectivity index (χ4v) is 1.57. The Morgan fingerprint density at radius 2 is 2.11 bits per heavy atom. The molecule has 0 spiro atoms. The van der Waals surface area contributed by atoms with Gasteiger partial charge in [-0.05, 0) is 30.2 Å². The zero-order valence-electron chi connectivity index (χ0n) is 10.2. The van der Waals surface area contributed by atoms with Crippen molar-refractivity contribution in [2.75, 3.05) is 5.32 Å². The summed E-state index contributed by atoms with van der Waals surface area (Å²) < 4.78 is 0. The minimum atomic E-state index is -0.461. The molecule has 1 heterocycles. The molecule has 0 aliphatic heterocycles. The number of carbonyl (C=O) groups is 1. The van der Waals surface area contributed by atoms with Crippen LogP contribution in [0.3, 0.4) is 0 Å². The third-order valence-corrected chi connectivity index (χ3v) is 2.74. The molecule has 4 N–H and O–H groups in total. The summed E-state index contributed by atoms with van der Waals surface area (Å²) in [6, 6.07) is 8.95. The number of nitrogens with one attached hydrogen (secondary N) is 2. The number of rotatable bonds is 4. The van der Waals surface area contributed by atoms with Gasteiger partial charge in [0.05, 0.1) is 11.7 Å². The number of nitrogens with zero attached hydrogens (tertiary/aromatic N) is 1. The number of aromatic amines is 1. The van der Waals surface area contributed by atoms with Gasteiger partial charge in [-0.25, -0.2) is 0 Å². The molecule has 1 unspecified atom stereocenters. The molecule has 0 saturated heterocycles. The number of aromatic nitrogens is 2. The second kappa shape index (κ2) is 5.46. The van der Waals surface area contributed by atoms with Gasteiger partial charge >= 0.3 is 0 Å². The minimum absolute atomic E-state index is 0.160. The Hall–Kier alpha value is -2.14. The Labute approximate surface area is 105 Å². The van der Waals surface area contributed by atoms with Crippen molar-refractivity contribution < 1.29 is 4.79 Å². The van der Waals surface area contributed by atoms with Gasteiger partial charge in [-0.2, -0.15) is 5.10 Å². The third-order valence-electron chi connectivity index (χ3n) is 2.74. The van der Waals surface area contributed by atoms with E-state index in [0.717, 1.165) is 16.9 Å². The lowest BCUT2D eigenvalue weighted by atomic mass is 10.1. The maximum absolute atomic E-state index is 11.6. The summed E-state index contributed by atoms with van der Waals surface area (Å²) in [4.78, 5) is 11.6. The summed E-state index contributed by atoms with van der Waals surface area (Å²) in [6.45, 7) is 1.88. The van der Waals surface area contributed by atoms with Crippen LogP contribution < -0.4 is 11.1 Å². The van der Waals surface area contributed by atoms with E-state index in [-0.39, 0.29) is 5.91 Å². The molecule has 0 saturated carbocycles. The summed E-state index contributed by atoms with van der Waals surface area (Å²) in [5.41, 5.74) is 8.35. The molecular weight excluding hydrogens is 228 g/mol. The Morgan fingerprint density at radius 3 is 2.67 bits per heavy atom. The molecule has 0 aliphatic rings. The van der Waals surface area contributed by atoms with Crippen molar-refractivity contribution in [1.29, 1.82) is 0 Å². The average molecular weight is 244 g/mol. The third kappa shape index (κ3) is 2.75. The number of hydrogen-bond donors (Lipinski definition) is 3. The summed E-state index contributed by atoms with van der Waals surface area (Å²) in [6.07, 6.45) is 2.32. The number of anilines is 1. The lowest BCUT2D eigenvalue weighted by molar-refractivity contribution is -0.117. The van der Waals surface area contributed by atoms with Gasteiger partial charge in [0.1, 0.15) is 0 Å². The molecule has 0 fully saturated rings. The van der Waals surface area contributed by atoms with Gasteiger partial charge in [0.25, 0.3) is 0 Å². The van der Waals surface area contributed by atoms with Crippen LogP contribution in [0.5, 0.6) is 0 Å². The molecule has 1 aromatic heterocycles. The van der Waals surface area contributed by atoms with E-state index in [1.807, 2.05) is 37.3 Å². The van der Waals surface area contributed by atoms with Crippen molar-refractivity contribution in [3.63, 3.8) is 0 Å². The maximum Gasteiger partial charge on any atom is 0.241 e. The molecule has 18 heavy (non-hydrogen) atoms. The van der Waals surface area contributed by atoms with Gasteiger partial charge in [0.2, 0.25) is 5.91 Å². The molecule has 0 bridgehead atoms. The fourth-order valence-electron chi connectivity index (χ4n) is 1.57. The zero-order chi connectivity index (χ0) is 13.0. The molecule has 1 atom stereocenters. The second-order valence-corrected chi connectivity index (χ2v) is 4.05. The molecular formula is C13H16N4O. The number of H-pyrrole nitrogens is 1. The highest BCUT2D eigenvalue weighted by Gasteiger charge is 2.10. The van der Waals surface area contributed by atoms with Crippen molar-refractivity contribution in [2.24, 2.45) is 5.73 Å². The van der Waals surface area contributed by atoms with Gasteiger partial charge in [-0.1, -0.05) is 19.1 Å². The zero-order valence-corrected chi connectivity index (χ0v) is 10.2. The second-order valence-electron chi connectivity index (χ2n) is 4.05. The van der Waals surface area contributed by atoms with Crippen LogP contribution in [0.25, 0.3) is 11.3 Å². The summed E-state index contributed by atoms with van der Waals surface area (Å²) >= 11 is 0. The monoisotopic (exact) mass is 244 g/mol. The smallest absolute Gasteiger partial charge is 0.241 e. The SMILES string of the molecule is CCC(N)C(=O)Nc1ccc(-c2ccn[nH]2)cc1. The van der Waals surface area contributed by atoms with Crippen LogP contribution in [0.4, 0.5) is 5.69 Å². The predicted molar refractivity (Wildman–Crippen MR) is 70.9 cm³/mol. The summed E-state index contributed by atoms with van der Waals surface area (Å²) in [5, 5.41) is 9.55. The molecule has 2 aromatic rings. The highest BCUT2D eigenvalue weighted by molar-refractivity contribution is 5.94. The first-order valence-corrected chi connectivity index (χ1v) is 5.87. The number of carbonyl (C=O) groups excluding carboxylic acids is 1. The van der Waals surface area contributed by atoms with E-state index < -0.39 is 6.04 Å². The number of benzene rings is 1. The minimum Gasteiger partial charge on any atom is -0.325 e. The standard InChI is InChI=1S/C13H16N4O/c1-2-11(14)13(18)16-10-5-3-9(4-6-10)12-7-8-15-17-12/h3-8,11H,2,14H2,1H3,(H,15,17)(H,16,18). The van der Waals surface area contributed by atoms with Crippen LogP contribution in [0, 0.1) is 0 Å². The lowest BCUT2D eigenvalue weighted by Gasteiger charge is -2.10. The summed E-state index contributed by atoms with van der Waals surface area (Å²) in [7, 11) is 0. The molecule has 94 valence electrons. The fraction of sp³-hybridized carbons (Fsp3) is 0.231. The van der Waals surface area contributed by atoms with E-state index in [1.54, 1.807) is 6.20 Å². The van der Waals surface area contributed by atoms with Gasteiger partial charge in [0, 0.05) is 11.9 Å². The molecule has 0 aliphatic carbocycles. The van der Waals surface area contributed by atoms with Crippen LogP contribution in [0.1, 0.15) is 13.3 Å². The lowest BCUT2D eigenvalue weighted by Crippen LogP contribution is -2.34.